The van der Waals surface area contributed by atoms with Crippen molar-refractivity contribution in [1.29, 1.82) is 0 Å². The largest absolute Gasteiger partial charge is 0.480 e. The van der Waals surface area contributed by atoms with Crippen LogP contribution in [-0.2, 0) is 24.0 Å². The van der Waals surface area contributed by atoms with Crippen LogP contribution in [0.3, 0.4) is 0 Å². The molecule has 0 bridgehead atoms. The summed E-state index contributed by atoms with van der Waals surface area (Å²) in [5.41, 5.74) is 5.35. The first-order chi connectivity index (χ1) is 14.2. The quantitative estimate of drug-likeness (QED) is 0.202. The van der Waals surface area contributed by atoms with Crippen LogP contribution in [0.4, 0.5) is 0 Å². The summed E-state index contributed by atoms with van der Waals surface area (Å²) in [6, 6.07) is -2.32. The van der Waals surface area contributed by atoms with Gasteiger partial charge in [0.05, 0.1) is 0 Å². The summed E-state index contributed by atoms with van der Waals surface area (Å²) < 4.78 is 0. The van der Waals surface area contributed by atoms with E-state index in [1.54, 1.807) is 0 Å². The van der Waals surface area contributed by atoms with E-state index in [4.69, 9.17) is 15.9 Å². The van der Waals surface area contributed by atoms with Gasteiger partial charge in [0.2, 0.25) is 11.8 Å². The van der Waals surface area contributed by atoms with E-state index in [-0.39, 0.29) is 23.7 Å². The van der Waals surface area contributed by atoms with Crippen molar-refractivity contribution < 1.29 is 34.2 Å². The van der Waals surface area contributed by atoms with Crippen molar-refractivity contribution in [2.24, 2.45) is 5.73 Å². The zero-order valence-corrected chi connectivity index (χ0v) is 18.2. The molecule has 0 saturated heterocycles. The highest BCUT2D eigenvalue weighted by molar-refractivity contribution is 8.13. The third-order valence-electron chi connectivity index (χ3n) is 4.21. The number of nitrogens with two attached hydrogens (primary N) is 1. The number of carbonyl (C=O) groups excluding carboxylic acids is 3. The van der Waals surface area contributed by atoms with Crippen molar-refractivity contribution in [3.05, 3.63) is 0 Å². The van der Waals surface area contributed by atoms with E-state index in [1.807, 2.05) is 0 Å². The predicted octanol–water partition coefficient (Wildman–Crippen LogP) is 0.875. The molecule has 0 radical (unpaired) electrons. The summed E-state index contributed by atoms with van der Waals surface area (Å²) in [5.74, 6) is -3.86. The van der Waals surface area contributed by atoms with Crippen LogP contribution in [0.5, 0.6) is 0 Å². The van der Waals surface area contributed by atoms with Gasteiger partial charge in [0.25, 0.3) is 0 Å². The molecule has 2 amide bonds. The fourth-order valence-corrected chi connectivity index (χ4v) is 3.32. The monoisotopic (exact) mass is 447 g/mol. The molecule has 0 spiro atoms. The van der Waals surface area contributed by atoms with E-state index in [0.717, 1.165) is 43.9 Å². The molecule has 10 nitrogen and oxygen atoms in total. The number of carboxylic acids is 2. The first-order valence-corrected chi connectivity index (χ1v) is 11.1. The molecule has 0 aliphatic rings. The van der Waals surface area contributed by atoms with Gasteiger partial charge in [-0.1, -0.05) is 50.8 Å². The lowest BCUT2D eigenvalue weighted by molar-refractivity contribution is -0.139. The molecule has 0 aromatic heterocycles. The van der Waals surface area contributed by atoms with E-state index in [2.05, 4.69) is 17.6 Å². The SMILES string of the molecule is CCCCCCCCC(=O)SC[C@H](NC(=O)CC[C@H](N)C(=O)O)C(=O)NCC(=O)O. The standard InChI is InChI=1S/C19H33N3O7S/c1-2-3-4-5-6-7-8-17(26)30-12-14(18(27)21-11-16(24)25)22-15(23)10-9-13(20)19(28)29/h13-14H,2-12,20H2,1H3,(H,21,27)(H,22,23)(H,24,25)(H,28,29)/t13-,14-/m0/s1. The zero-order valence-electron chi connectivity index (χ0n) is 17.4. The van der Waals surface area contributed by atoms with Crippen molar-refractivity contribution in [3.63, 3.8) is 0 Å². The van der Waals surface area contributed by atoms with E-state index in [1.165, 1.54) is 6.42 Å². The fourth-order valence-electron chi connectivity index (χ4n) is 2.44. The van der Waals surface area contributed by atoms with Crippen LogP contribution in [-0.4, -0.2) is 63.5 Å². The zero-order chi connectivity index (χ0) is 22.9. The highest BCUT2D eigenvalue weighted by atomic mass is 32.2. The summed E-state index contributed by atoms with van der Waals surface area (Å²) >= 11 is 0.906. The Balaban J connectivity index is 4.53. The molecular weight excluding hydrogens is 414 g/mol. The Bertz CT molecular complexity index is 586. The summed E-state index contributed by atoms with van der Waals surface area (Å²) in [5, 5.41) is 21.9. The van der Waals surface area contributed by atoms with Gasteiger partial charge in [-0.05, 0) is 12.8 Å². The summed E-state index contributed by atoms with van der Waals surface area (Å²) in [7, 11) is 0. The number of hydrogen-bond donors (Lipinski definition) is 5. The third-order valence-corrected chi connectivity index (χ3v) is 5.24. The average Bonchev–Trinajstić information content (AvgIpc) is 2.69. The minimum atomic E-state index is -1.24. The number of aliphatic carboxylic acids is 2. The highest BCUT2D eigenvalue weighted by Gasteiger charge is 2.23. The number of nitrogens with one attached hydrogen (secondary N) is 2. The first kappa shape index (κ1) is 27.9. The Kier molecular flexibility index (Phi) is 15.4. The van der Waals surface area contributed by atoms with Crippen LogP contribution in [0, 0.1) is 0 Å². The van der Waals surface area contributed by atoms with Gasteiger partial charge in [0, 0.05) is 18.6 Å². The van der Waals surface area contributed by atoms with Gasteiger partial charge >= 0.3 is 11.9 Å². The highest BCUT2D eigenvalue weighted by Crippen LogP contribution is 2.13. The van der Waals surface area contributed by atoms with Crippen LogP contribution in [0.1, 0.15) is 64.7 Å². The van der Waals surface area contributed by atoms with Crippen molar-refractivity contribution in [3.8, 4) is 0 Å². The Morgan fingerprint density at radius 2 is 1.60 bits per heavy atom. The van der Waals surface area contributed by atoms with Crippen molar-refractivity contribution in [2.45, 2.75) is 76.8 Å². The first-order valence-electron chi connectivity index (χ1n) is 10.1. The van der Waals surface area contributed by atoms with Gasteiger partial charge in [-0.2, -0.15) is 0 Å². The lowest BCUT2D eigenvalue weighted by Gasteiger charge is -2.18. The van der Waals surface area contributed by atoms with Gasteiger partial charge in [0.1, 0.15) is 18.6 Å². The molecule has 0 saturated carbocycles. The molecule has 0 rings (SSSR count). The van der Waals surface area contributed by atoms with Crippen LogP contribution >= 0.6 is 11.8 Å². The van der Waals surface area contributed by atoms with Gasteiger partial charge in [-0.15, -0.1) is 0 Å². The van der Waals surface area contributed by atoms with E-state index in [9.17, 15) is 24.0 Å². The second-order valence-corrected chi connectivity index (χ2v) is 7.99. The smallest absolute Gasteiger partial charge is 0.322 e. The molecule has 0 fully saturated rings. The van der Waals surface area contributed by atoms with Crippen molar-refractivity contribution >= 4 is 40.6 Å². The van der Waals surface area contributed by atoms with Crippen LogP contribution in [0.2, 0.25) is 0 Å². The predicted molar refractivity (Wildman–Crippen MR) is 113 cm³/mol. The Hall–Kier alpha value is -2.14. The maximum absolute atomic E-state index is 12.2. The number of carbonyl (C=O) groups is 5. The minimum absolute atomic E-state index is 0.0448. The Labute approximate surface area is 180 Å². The van der Waals surface area contributed by atoms with Crippen molar-refractivity contribution in [1.82, 2.24) is 10.6 Å². The maximum atomic E-state index is 12.2. The summed E-state index contributed by atoms with van der Waals surface area (Å²) in [6.45, 7) is 1.51. The molecule has 0 aliphatic heterocycles. The number of thioether (sulfide) groups is 1. The maximum Gasteiger partial charge on any atom is 0.322 e. The normalized spacial score (nSPS) is 12.6. The number of amides is 2. The number of hydrogen-bond acceptors (Lipinski definition) is 7. The van der Waals surface area contributed by atoms with E-state index >= 15 is 0 Å². The van der Waals surface area contributed by atoms with E-state index in [0.29, 0.717) is 6.42 Å². The molecule has 30 heavy (non-hydrogen) atoms. The molecule has 2 atom stereocenters. The lowest BCUT2D eigenvalue weighted by atomic mass is 10.1. The lowest BCUT2D eigenvalue weighted by Crippen LogP contribution is -2.49. The molecule has 0 unspecified atom stereocenters. The van der Waals surface area contributed by atoms with Crippen molar-refractivity contribution in [2.75, 3.05) is 12.3 Å². The van der Waals surface area contributed by atoms with Gasteiger partial charge in [0.15, 0.2) is 5.12 Å². The average molecular weight is 448 g/mol. The molecule has 172 valence electrons. The van der Waals surface area contributed by atoms with E-state index < -0.39 is 42.4 Å². The Morgan fingerprint density at radius 3 is 2.20 bits per heavy atom. The van der Waals surface area contributed by atoms with Crippen LogP contribution < -0.4 is 16.4 Å². The fraction of sp³-hybridized carbons (Fsp3) is 0.737. The molecule has 0 aliphatic carbocycles. The summed E-state index contributed by atoms with van der Waals surface area (Å²) in [4.78, 5) is 57.6. The van der Waals surface area contributed by atoms with Gasteiger partial charge in [-0.3, -0.25) is 24.0 Å². The van der Waals surface area contributed by atoms with Gasteiger partial charge in [-0.25, -0.2) is 0 Å². The molecule has 6 N–H and O–H groups in total. The molecule has 11 heteroatoms. The number of unbranched alkanes of at least 4 members (excludes halogenated alkanes) is 5. The minimum Gasteiger partial charge on any atom is -0.480 e. The molecular formula is C19H33N3O7S. The second kappa shape index (κ2) is 16.6. The van der Waals surface area contributed by atoms with Crippen LogP contribution in [0.25, 0.3) is 0 Å². The molecule has 0 aromatic rings. The number of rotatable bonds is 17. The van der Waals surface area contributed by atoms with Gasteiger partial charge < -0.3 is 26.6 Å². The molecule has 0 heterocycles. The second-order valence-electron chi connectivity index (χ2n) is 6.92. The summed E-state index contributed by atoms with van der Waals surface area (Å²) in [6.07, 6.45) is 6.27. The van der Waals surface area contributed by atoms with Crippen LogP contribution in [0.15, 0.2) is 0 Å². The number of carboxylic acid groups (broad SMARTS) is 2. The third kappa shape index (κ3) is 14.8. The topological polar surface area (TPSA) is 176 Å². The Morgan fingerprint density at radius 1 is 0.967 bits per heavy atom. The molecule has 0 aromatic carbocycles.